The number of aromatic nitrogens is 1. The first kappa shape index (κ1) is 11.7. The Morgan fingerprint density at radius 3 is 3.00 bits per heavy atom. The van der Waals surface area contributed by atoms with Crippen LogP contribution in [0.15, 0.2) is 18.5 Å². The quantitative estimate of drug-likeness (QED) is 0.812. The molecule has 1 aromatic rings. The predicted molar refractivity (Wildman–Crippen MR) is 67.3 cm³/mol. The molecule has 16 heavy (non-hydrogen) atoms. The van der Waals surface area contributed by atoms with Gasteiger partial charge in [-0.15, -0.1) is 0 Å². The average Bonchev–Trinajstić information content (AvgIpc) is 2.88. The minimum atomic E-state index is 0.851. The summed E-state index contributed by atoms with van der Waals surface area (Å²) in [5, 5.41) is 3.56. The molecule has 1 aliphatic heterocycles. The van der Waals surface area contributed by atoms with E-state index in [0.717, 1.165) is 19.0 Å². The Kier molecular flexibility index (Phi) is 4.02. The van der Waals surface area contributed by atoms with Crippen molar-refractivity contribution in [3.05, 3.63) is 24.0 Å². The van der Waals surface area contributed by atoms with Gasteiger partial charge in [-0.2, -0.15) is 0 Å². The van der Waals surface area contributed by atoms with E-state index < -0.39 is 0 Å². The molecule has 1 unspecified atom stereocenters. The summed E-state index contributed by atoms with van der Waals surface area (Å²) < 4.78 is 2.10. The van der Waals surface area contributed by atoms with Gasteiger partial charge in [-0.05, 0) is 43.6 Å². The van der Waals surface area contributed by atoms with E-state index in [4.69, 9.17) is 0 Å². The molecule has 0 bridgehead atoms. The Bertz CT molecular complexity index is 319. The first-order chi connectivity index (χ1) is 7.78. The van der Waals surface area contributed by atoms with Crippen LogP contribution in [-0.2, 0) is 13.6 Å². The second-order valence-electron chi connectivity index (χ2n) is 4.86. The molecule has 1 fully saturated rings. The summed E-state index contributed by atoms with van der Waals surface area (Å²) in [7, 11) is 2.07. The highest BCUT2D eigenvalue weighted by Crippen LogP contribution is 2.14. The summed E-state index contributed by atoms with van der Waals surface area (Å²) in [6.07, 6.45) is 5.64. The maximum absolute atomic E-state index is 3.56. The fraction of sp³-hybridized carbons (Fsp3) is 0.692. The van der Waals surface area contributed by atoms with Crippen LogP contribution in [0.25, 0.3) is 0 Å². The van der Waals surface area contributed by atoms with Crippen LogP contribution in [0.3, 0.4) is 0 Å². The Morgan fingerprint density at radius 1 is 1.50 bits per heavy atom. The van der Waals surface area contributed by atoms with Crippen molar-refractivity contribution >= 4 is 0 Å². The average molecular weight is 221 g/mol. The first-order valence-corrected chi connectivity index (χ1v) is 6.32. The molecule has 2 rings (SSSR count). The van der Waals surface area contributed by atoms with Crippen LogP contribution in [0.5, 0.6) is 0 Å². The Hall–Kier alpha value is -0.800. The van der Waals surface area contributed by atoms with Crippen molar-refractivity contribution in [1.82, 2.24) is 14.8 Å². The van der Waals surface area contributed by atoms with Crippen LogP contribution >= 0.6 is 0 Å². The highest BCUT2D eigenvalue weighted by molar-refractivity contribution is 5.09. The van der Waals surface area contributed by atoms with Gasteiger partial charge in [0.15, 0.2) is 0 Å². The van der Waals surface area contributed by atoms with Gasteiger partial charge in [-0.3, -0.25) is 0 Å². The zero-order valence-corrected chi connectivity index (χ0v) is 10.4. The molecule has 0 amide bonds. The Morgan fingerprint density at radius 2 is 2.38 bits per heavy atom. The summed E-state index contributed by atoms with van der Waals surface area (Å²) in [6.45, 7) is 8.18. The number of likely N-dealkylation sites (tertiary alicyclic amines) is 1. The maximum Gasteiger partial charge on any atom is 0.0220 e. The summed E-state index contributed by atoms with van der Waals surface area (Å²) >= 11 is 0. The van der Waals surface area contributed by atoms with E-state index in [2.05, 4.69) is 47.2 Å². The van der Waals surface area contributed by atoms with Crippen molar-refractivity contribution in [3.63, 3.8) is 0 Å². The van der Waals surface area contributed by atoms with E-state index in [1.54, 1.807) is 0 Å². The monoisotopic (exact) mass is 221 g/mol. The van der Waals surface area contributed by atoms with Crippen LogP contribution < -0.4 is 5.32 Å². The molecule has 3 heteroatoms. The minimum absolute atomic E-state index is 0.851. The van der Waals surface area contributed by atoms with Crippen molar-refractivity contribution < 1.29 is 0 Å². The number of nitrogens with zero attached hydrogens (tertiary/aromatic N) is 2. The van der Waals surface area contributed by atoms with Crippen molar-refractivity contribution in [2.45, 2.75) is 19.9 Å². The third-order valence-corrected chi connectivity index (χ3v) is 3.47. The van der Waals surface area contributed by atoms with Crippen LogP contribution in [0.4, 0.5) is 0 Å². The molecule has 0 radical (unpaired) electrons. The van der Waals surface area contributed by atoms with Crippen molar-refractivity contribution in [2.75, 3.05) is 26.2 Å². The zero-order valence-electron chi connectivity index (χ0n) is 10.4. The summed E-state index contributed by atoms with van der Waals surface area (Å²) in [4.78, 5) is 2.54. The van der Waals surface area contributed by atoms with Gasteiger partial charge < -0.3 is 14.8 Å². The summed E-state index contributed by atoms with van der Waals surface area (Å²) in [5.41, 5.74) is 1.38. The van der Waals surface area contributed by atoms with Crippen LogP contribution in [0.1, 0.15) is 18.9 Å². The van der Waals surface area contributed by atoms with Gasteiger partial charge >= 0.3 is 0 Å². The van der Waals surface area contributed by atoms with Gasteiger partial charge in [-0.25, -0.2) is 0 Å². The maximum atomic E-state index is 3.56. The molecular formula is C13H23N3. The smallest absolute Gasteiger partial charge is 0.0220 e. The van der Waals surface area contributed by atoms with E-state index in [9.17, 15) is 0 Å². The van der Waals surface area contributed by atoms with Gasteiger partial charge in [0, 0.05) is 32.5 Å². The lowest BCUT2D eigenvalue weighted by Crippen LogP contribution is -2.26. The predicted octanol–water partition coefficient (Wildman–Crippen LogP) is 1.46. The molecular weight excluding hydrogens is 198 g/mol. The van der Waals surface area contributed by atoms with Gasteiger partial charge in [0.05, 0.1) is 0 Å². The van der Waals surface area contributed by atoms with Crippen molar-refractivity contribution in [3.8, 4) is 0 Å². The molecule has 0 spiro atoms. The number of aryl methyl sites for hydroxylation is 1. The van der Waals surface area contributed by atoms with Crippen molar-refractivity contribution in [2.24, 2.45) is 13.0 Å². The second kappa shape index (κ2) is 5.51. The van der Waals surface area contributed by atoms with E-state index in [0.29, 0.717) is 0 Å². The summed E-state index contributed by atoms with van der Waals surface area (Å²) in [5.74, 6) is 0.851. The lowest BCUT2D eigenvalue weighted by Gasteiger charge is -2.13. The lowest BCUT2D eigenvalue weighted by atomic mass is 10.1. The van der Waals surface area contributed by atoms with Crippen LogP contribution in [0.2, 0.25) is 0 Å². The standard InChI is InChI=1S/C13H23N3/c1-3-16-7-5-13(11-16)9-14-8-12-4-6-15(2)10-12/h4,6,10,13-14H,3,5,7-9,11H2,1-2H3. The highest BCUT2D eigenvalue weighted by Gasteiger charge is 2.20. The molecule has 0 saturated carbocycles. The van der Waals surface area contributed by atoms with Gasteiger partial charge in [0.1, 0.15) is 0 Å². The Balaban J connectivity index is 1.65. The number of hydrogen-bond donors (Lipinski definition) is 1. The molecule has 2 heterocycles. The van der Waals surface area contributed by atoms with Crippen LogP contribution in [0, 0.1) is 5.92 Å². The minimum Gasteiger partial charge on any atom is -0.357 e. The fourth-order valence-electron chi connectivity index (χ4n) is 2.45. The molecule has 1 N–H and O–H groups in total. The third-order valence-electron chi connectivity index (χ3n) is 3.47. The van der Waals surface area contributed by atoms with E-state index in [1.807, 2.05) is 0 Å². The first-order valence-electron chi connectivity index (χ1n) is 6.32. The summed E-state index contributed by atoms with van der Waals surface area (Å²) in [6, 6.07) is 2.18. The van der Waals surface area contributed by atoms with E-state index >= 15 is 0 Å². The molecule has 0 aromatic carbocycles. The molecule has 90 valence electrons. The van der Waals surface area contributed by atoms with Gasteiger partial charge in [-0.1, -0.05) is 6.92 Å². The van der Waals surface area contributed by atoms with E-state index in [1.165, 1.54) is 31.6 Å². The van der Waals surface area contributed by atoms with Crippen LogP contribution in [-0.4, -0.2) is 35.6 Å². The molecule has 1 atom stereocenters. The highest BCUT2D eigenvalue weighted by atomic mass is 15.1. The SMILES string of the molecule is CCN1CCC(CNCc2ccn(C)c2)C1. The van der Waals surface area contributed by atoms with Crippen molar-refractivity contribution in [1.29, 1.82) is 0 Å². The number of nitrogens with one attached hydrogen (secondary N) is 1. The van der Waals surface area contributed by atoms with E-state index in [-0.39, 0.29) is 0 Å². The molecule has 3 nitrogen and oxygen atoms in total. The van der Waals surface area contributed by atoms with Gasteiger partial charge in [0.25, 0.3) is 0 Å². The molecule has 1 saturated heterocycles. The number of hydrogen-bond acceptors (Lipinski definition) is 2. The fourth-order valence-corrected chi connectivity index (χ4v) is 2.45. The molecule has 1 aromatic heterocycles. The third kappa shape index (κ3) is 3.09. The number of rotatable bonds is 5. The second-order valence-corrected chi connectivity index (χ2v) is 4.86. The normalized spacial score (nSPS) is 21.8. The largest absolute Gasteiger partial charge is 0.357 e. The molecule has 0 aliphatic carbocycles. The zero-order chi connectivity index (χ0) is 11.4. The topological polar surface area (TPSA) is 20.2 Å². The van der Waals surface area contributed by atoms with Gasteiger partial charge in [0.2, 0.25) is 0 Å². The molecule has 1 aliphatic rings. The Labute approximate surface area is 98.4 Å². The lowest BCUT2D eigenvalue weighted by molar-refractivity contribution is 0.339.